The summed E-state index contributed by atoms with van der Waals surface area (Å²) in [7, 11) is 3.97. The Bertz CT molecular complexity index is 195. The largest absolute Gasteiger partial charge is 0.385 e. The molecular formula is C15H32N2O2. The van der Waals surface area contributed by atoms with E-state index in [1.807, 2.05) is 0 Å². The lowest BCUT2D eigenvalue weighted by Crippen LogP contribution is -2.45. The quantitative estimate of drug-likeness (QED) is 0.536. The number of unbranched alkanes of at least 4 members (excludes halogenated alkanes) is 4. The van der Waals surface area contributed by atoms with Crippen LogP contribution in [-0.2, 0) is 9.47 Å². The lowest BCUT2D eigenvalue weighted by Gasteiger charge is -2.32. The molecule has 0 aliphatic carbocycles. The van der Waals surface area contributed by atoms with E-state index in [-0.39, 0.29) is 0 Å². The molecule has 1 fully saturated rings. The normalized spacial score (nSPS) is 18.0. The molecule has 0 radical (unpaired) electrons. The molecule has 0 aromatic carbocycles. The average molecular weight is 272 g/mol. The van der Waals surface area contributed by atoms with Crippen LogP contribution >= 0.6 is 0 Å². The van der Waals surface area contributed by atoms with E-state index in [1.54, 1.807) is 7.11 Å². The monoisotopic (exact) mass is 272 g/mol. The molecule has 0 amide bonds. The molecule has 1 rings (SSSR count). The fraction of sp³-hybridized carbons (Fsp3) is 1.00. The minimum Gasteiger partial charge on any atom is -0.385 e. The maximum Gasteiger partial charge on any atom is 0.0593 e. The van der Waals surface area contributed by atoms with Crippen LogP contribution in [0.5, 0.6) is 0 Å². The Labute approximate surface area is 119 Å². The minimum absolute atomic E-state index is 0.896. The molecule has 0 atom stereocenters. The molecule has 0 saturated carbocycles. The first-order valence-corrected chi connectivity index (χ1v) is 7.80. The van der Waals surface area contributed by atoms with Crippen LogP contribution < -0.4 is 0 Å². The maximum atomic E-state index is 5.71. The predicted molar refractivity (Wildman–Crippen MR) is 79.7 cm³/mol. The number of methoxy groups -OCH3 is 1. The van der Waals surface area contributed by atoms with Gasteiger partial charge in [-0.05, 0) is 19.9 Å². The molecule has 0 bridgehead atoms. The summed E-state index contributed by atoms with van der Waals surface area (Å²) in [6.07, 6.45) is 6.29. The first-order chi connectivity index (χ1) is 9.33. The molecule has 0 aromatic rings. The van der Waals surface area contributed by atoms with Crippen molar-refractivity contribution in [1.82, 2.24) is 9.80 Å². The zero-order chi connectivity index (χ0) is 13.8. The first-order valence-electron chi connectivity index (χ1n) is 7.80. The second kappa shape index (κ2) is 11.6. The van der Waals surface area contributed by atoms with E-state index in [0.29, 0.717) is 0 Å². The van der Waals surface area contributed by atoms with Crippen LogP contribution in [-0.4, -0.2) is 76.5 Å². The second-order valence-electron chi connectivity index (χ2n) is 5.52. The molecule has 4 heteroatoms. The molecule has 1 saturated heterocycles. The maximum absolute atomic E-state index is 5.71. The van der Waals surface area contributed by atoms with Gasteiger partial charge in [-0.25, -0.2) is 0 Å². The van der Waals surface area contributed by atoms with Gasteiger partial charge in [0.2, 0.25) is 0 Å². The zero-order valence-electron chi connectivity index (χ0n) is 12.9. The van der Waals surface area contributed by atoms with Crippen molar-refractivity contribution < 1.29 is 9.47 Å². The first kappa shape index (κ1) is 16.9. The molecule has 1 heterocycles. The van der Waals surface area contributed by atoms with Crippen LogP contribution in [0.15, 0.2) is 0 Å². The number of hydrogen-bond donors (Lipinski definition) is 0. The molecule has 0 spiro atoms. The fourth-order valence-electron chi connectivity index (χ4n) is 2.35. The summed E-state index contributed by atoms with van der Waals surface area (Å²) in [5.74, 6) is 0. The van der Waals surface area contributed by atoms with Gasteiger partial charge in [0.25, 0.3) is 0 Å². The standard InChI is InChI=1S/C15H32N2O2/c1-16-8-10-17(11-9-16)12-15-19-14-7-5-3-4-6-13-18-2/h3-15H2,1-2H3. The highest BCUT2D eigenvalue weighted by atomic mass is 16.5. The van der Waals surface area contributed by atoms with E-state index in [9.17, 15) is 0 Å². The Morgan fingerprint density at radius 1 is 0.789 bits per heavy atom. The average Bonchev–Trinajstić information content (AvgIpc) is 2.43. The van der Waals surface area contributed by atoms with Crippen molar-refractivity contribution in [2.45, 2.75) is 32.1 Å². The smallest absolute Gasteiger partial charge is 0.0593 e. The van der Waals surface area contributed by atoms with E-state index in [4.69, 9.17) is 9.47 Å². The van der Waals surface area contributed by atoms with E-state index < -0.39 is 0 Å². The van der Waals surface area contributed by atoms with Crippen LogP contribution in [0, 0.1) is 0 Å². The molecule has 1 aliphatic rings. The second-order valence-corrected chi connectivity index (χ2v) is 5.52. The molecule has 19 heavy (non-hydrogen) atoms. The van der Waals surface area contributed by atoms with Crippen molar-refractivity contribution in [2.24, 2.45) is 0 Å². The Balaban J connectivity index is 1.76. The summed E-state index contributed by atoms with van der Waals surface area (Å²) in [5.41, 5.74) is 0. The highest BCUT2D eigenvalue weighted by molar-refractivity contribution is 4.68. The number of ether oxygens (including phenoxy) is 2. The molecule has 0 aromatic heterocycles. The van der Waals surface area contributed by atoms with Gasteiger partial charge in [-0.3, -0.25) is 4.90 Å². The Morgan fingerprint density at radius 3 is 2.11 bits per heavy atom. The van der Waals surface area contributed by atoms with Crippen LogP contribution in [0.3, 0.4) is 0 Å². The Morgan fingerprint density at radius 2 is 1.42 bits per heavy atom. The number of rotatable bonds is 11. The topological polar surface area (TPSA) is 24.9 Å². The molecule has 1 aliphatic heterocycles. The highest BCUT2D eigenvalue weighted by Gasteiger charge is 2.12. The van der Waals surface area contributed by atoms with Crippen LogP contribution in [0.2, 0.25) is 0 Å². The van der Waals surface area contributed by atoms with Gasteiger partial charge in [0, 0.05) is 53.0 Å². The van der Waals surface area contributed by atoms with Crippen molar-refractivity contribution in [2.75, 3.05) is 66.7 Å². The van der Waals surface area contributed by atoms with Crippen LogP contribution in [0.25, 0.3) is 0 Å². The van der Waals surface area contributed by atoms with E-state index in [0.717, 1.165) is 26.4 Å². The molecule has 114 valence electrons. The summed E-state index contributed by atoms with van der Waals surface area (Å²) in [6, 6.07) is 0. The van der Waals surface area contributed by atoms with Crippen molar-refractivity contribution in [3.05, 3.63) is 0 Å². The van der Waals surface area contributed by atoms with Gasteiger partial charge < -0.3 is 14.4 Å². The van der Waals surface area contributed by atoms with Gasteiger partial charge in [0.1, 0.15) is 0 Å². The molecule has 0 N–H and O–H groups in total. The van der Waals surface area contributed by atoms with Gasteiger partial charge >= 0.3 is 0 Å². The summed E-state index contributed by atoms with van der Waals surface area (Å²) in [5, 5.41) is 0. The molecule has 4 nitrogen and oxygen atoms in total. The fourth-order valence-corrected chi connectivity index (χ4v) is 2.35. The summed E-state index contributed by atoms with van der Waals surface area (Å²) in [4.78, 5) is 4.89. The Kier molecular flexibility index (Phi) is 10.4. The third-order valence-electron chi connectivity index (χ3n) is 3.78. The predicted octanol–water partition coefficient (Wildman–Crippen LogP) is 1.85. The van der Waals surface area contributed by atoms with Crippen molar-refractivity contribution in [3.8, 4) is 0 Å². The van der Waals surface area contributed by atoms with Gasteiger partial charge in [0.05, 0.1) is 6.61 Å². The summed E-state index contributed by atoms with van der Waals surface area (Å²) in [6.45, 7) is 8.61. The minimum atomic E-state index is 0.896. The van der Waals surface area contributed by atoms with Gasteiger partial charge in [-0.1, -0.05) is 19.3 Å². The number of nitrogens with zero attached hydrogens (tertiary/aromatic N) is 2. The molecular weight excluding hydrogens is 240 g/mol. The van der Waals surface area contributed by atoms with Crippen molar-refractivity contribution >= 4 is 0 Å². The lowest BCUT2D eigenvalue weighted by molar-refractivity contribution is 0.0799. The summed E-state index contributed by atoms with van der Waals surface area (Å²) < 4.78 is 10.7. The van der Waals surface area contributed by atoms with Gasteiger partial charge in [0.15, 0.2) is 0 Å². The van der Waals surface area contributed by atoms with E-state index in [2.05, 4.69) is 16.8 Å². The SMILES string of the molecule is COCCCCCCCOCCN1CCN(C)CC1. The Hall–Kier alpha value is -0.160. The lowest BCUT2D eigenvalue weighted by atomic mass is 10.1. The van der Waals surface area contributed by atoms with Gasteiger partial charge in [-0.2, -0.15) is 0 Å². The number of hydrogen-bond acceptors (Lipinski definition) is 4. The van der Waals surface area contributed by atoms with E-state index in [1.165, 1.54) is 58.3 Å². The van der Waals surface area contributed by atoms with Crippen LogP contribution in [0.1, 0.15) is 32.1 Å². The van der Waals surface area contributed by atoms with Crippen molar-refractivity contribution in [1.29, 1.82) is 0 Å². The molecule has 0 unspecified atom stereocenters. The number of piperazine rings is 1. The number of likely N-dealkylation sites (N-methyl/N-ethyl adjacent to an activating group) is 1. The van der Waals surface area contributed by atoms with E-state index >= 15 is 0 Å². The zero-order valence-corrected chi connectivity index (χ0v) is 12.9. The highest BCUT2D eigenvalue weighted by Crippen LogP contribution is 2.03. The van der Waals surface area contributed by atoms with Crippen LogP contribution in [0.4, 0.5) is 0 Å². The van der Waals surface area contributed by atoms with Crippen molar-refractivity contribution in [3.63, 3.8) is 0 Å². The van der Waals surface area contributed by atoms with Gasteiger partial charge in [-0.15, -0.1) is 0 Å². The summed E-state index contributed by atoms with van der Waals surface area (Å²) >= 11 is 0. The third kappa shape index (κ3) is 9.38. The third-order valence-corrected chi connectivity index (χ3v) is 3.78.